The average molecular weight is 251 g/mol. The van der Waals surface area contributed by atoms with Crippen molar-refractivity contribution >= 4 is 27.5 Å². The van der Waals surface area contributed by atoms with Crippen LogP contribution in [0, 0.1) is 0 Å². The smallest absolute Gasteiger partial charge is 0.0572 e. The van der Waals surface area contributed by atoms with Crippen molar-refractivity contribution in [3.8, 4) is 0 Å². The molecule has 0 aromatic heterocycles. The summed E-state index contributed by atoms with van der Waals surface area (Å²) in [6.45, 7) is 0.661. The number of benzene rings is 1. The summed E-state index contributed by atoms with van der Waals surface area (Å²) in [6.07, 6.45) is 0. The molecule has 0 fully saturated rings. The van der Waals surface area contributed by atoms with Crippen molar-refractivity contribution in [2.75, 3.05) is 7.11 Å². The van der Waals surface area contributed by atoms with Crippen LogP contribution in [0.5, 0.6) is 0 Å². The molecule has 0 atom stereocenters. The highest BCUT2D eigenvalue weighted by atomic mass is 79.9. The van der Waals surface area contributed by atoms with Gasteiger partial charge in [-0.25, -0.2) is 0 Å². The van der Waals surface area contributed by atoms with Crippen LogP contribution < -0.4 is 5.48 Å². The Bertz CT molecular complexity index is 267. The SMILES string of the molecule is CONCc1ccc(Cl)cc1Br. The lowest BCUT2D eigenvalue weighted by Crippen LogP contribution is -2.10. The number of hydrogen-bond acceptors (Lipinski definition) is 2. The highest BCUT2D eigenvalue weighted by Gasteiger charge is 1.99. The van der Waals surface area contributed by atoms with Crippen LogP contribution in [-0.2, 0) is 11.4 Å². The van der Waals surface area contributed by atoms with E-state index >= 15 is 0 Å². The third kappa shape index (κ3) is 2.75. The van der Waals surface area contributed by atoms with E-state index in [9.17, 15) is 0 Å². The molecule has 0 aliphatic carbocycles. The minimum Gasteiger partial charge on any atom is -0.305 e. The van der Waals surface area contributed by atoms with Crippen LogP contribution in [0.3, 0.4) is 0 Å². The second-order valence-electron chi connectivity index (χ2n) is 2.26. The van der Waals surface area contributed by atoms with Gasteiger partial charge in [0.2, 0.25) is 0 Å². The Hall–Kier alpha value is -0.0900. The van der Waals surface area contributed by atoms with E-state index in [2.05, 4.69) is 21.4 Å². The molecule has 0 unspecified atom stereocenters. The highest BCUT2D eigenvalue weighted by molar-refractivity contribution is 9.10. The molecule has 4 heteroatoms. The fourth-order valence-electron chi connectivity index (χ4n) is 0.815. The van der Waals surface area contributed by atoms with Gasteiger partial charge < -0.3 is 4.84 Å². The monoisotopic (exact) mass is 249 g/mol. The first-order valence-electron chi connectivity index (χ1n) is 3.44. The summed E-state index contributed by atoms with van der Waals surface area (Å²) in [5, 5.41) is 0.725. The molecular weight excluding hydrogens is 241 g/mol. The first kappa shape index (κ1) is 9.99. The third-order valence-corrected chi connectivity index (χ3v) is 2.40. The number of rotatable bonds is 3. The summed E-state index contributed by atoms with van der Waals surface area (Å²) in [4.78, 5) is 4.73. The summed E-state index contributed by atoms with van der Waals surface area (Å²) >= 11 is 9.17. The Morgan fingerprint density at radius 3 is 2.92 bits per heavy atom. The molecule has 0 aliphatic rings. The second-order valence-corrected chi connectivity index (χ2v) is 3.55. The molecular formula is C8H9BrClNO. The van der Waals surface area contributed by atoms with Gasteiger partial charge in [0.1, 0.15) is 0 Å². The minimum absolute atomic E-state index is 0.661. The fourth-order valence-corrected chi connectivity index (χ4v) is 1.64. The summed E-state index contributed by atoms with van der Waals surface area (Å²) in [6, 6.07) is 5.64. The molecule has 12 heavy (non-hydrogen) atoms. The summed E-state index contributed by atoms with van der Waals surface area (Å²) in [7, 11) is 1.59. The maximum absolute atomic E-state index is 5.77. The number of halogens is 2. The molecule has 2 nitrogen and oxygen atoms in total. The van der Waals surface area contributed by atoms with Crippen molar-refractivity contribution in [2.24, 2.45) is 0 Å². The molecule has 0 aliphatic heterocycles. The van der Waals surface area contributed by atoms with Gasteiger partial charge in [-0.3, -0.25) is 0 Å². The Morgan fingerprint density at radius 1 is 1.58 bits per heavy atom. The Kier molecular flexibility index (Phi) is 4.01. The molecule has 0 saturated carbocycles. The third-order valence-electron chi connectivity index (χ3n) is 1.42. The number of nitrogens with one attached hydrogen (secondary N) is 1. The standard InChI is InChI=1S/C8H9BrClNO/c1-12-11-5-6-2-3-7(10)4-8(6)9/h2-4,11H,5H2,1H3. The molecule has 0 spiro atoms. The maximum atomic E-state index is 5.77. The molecule has 0 radical (unpaired) electrons. The van der Waals surface area contributed by atoms with Gasteiger partial charge in [0.25, 0.3) is 0 Å². The molecule has 0 heterocycles. The van der Waals surface area contributed by atoms with Gasteiger partial charge in [0, 0.05) is 16.0 Å². The van der Waals surface area contributed by atoms with Crippen molar-refractivity contribution in [3.63, 3.8) is 0 Å². The topological polar surface area (TPSA) is 21.3 Å². The average Bonchev–Trinajstić information content (AvgIpc) is 2.03. The first-order chi connectivity index (χ1) is 5.74. The summed E-state index contributed by atoms with van der Waals surface area (Å²) in [5.74, 6) is 0. The predicted octanol–water partition coefficient (Wildman–Crippen LogP) is 2.75. The van der Waals surface area contributed by atoms with Crippen LogP contribution in [0.15, 0.2) is 22.7 Å². The van der Waals surface area contributed by atoms with Crippen LogP contribution in [0.4, 0.5) is 0 Å². The minimum atomic E-state index is 0.661. The van der Waals surface area contributed by atoms with E-state index in [0.717, 1.165) is 15.1 Å². The Balaban J connectivity index is 2.72. The zero-order chi connectivity index (χ0) is 8.97. The summed E-state index contributed by atoms with van der Waals surface area (Å²) < 4.78 is 0.986. The van der Waals surface area contributed by atoms with E-state index in [1.54, 1.807) is 7.11 Å². The molecule has 1 aromatic carbocycles. The van der Waals surface area contributed by atoms with Crippen LogP contribution in [0.25, 0.3) is 0 Å². The molecule has 1 rings (SSSR count). The van der Waals surface area contributed by atoms with Crippen LogP contribution in [0.1, 0.15) is 5.56 Å². The van der Waals surface area contributed by atoms with Crippen molar-refractivity contribution in [1.82, 2.24) is 5.48 Å². The zero-order valence-electron chi connectivity index (χ0n) is 6.60. The second kappa shape index (κ2) is 4.82. The van der Waals surface area contributed by atoms with Crippen molar-refractivity contribution in [1.29, 1.82) is 0 Å². The predicted molar refractivity (Wildman–Crippen MR) is 53.0 cm³/mol. The van der Waals surface area contributed by atoms with E-state index in [-0.39, 0.29) is 0 Å². The van der Waals surface area contributed by atoms with Gasteiger partial charge in [-0.2, -0.15) is 5.48 Å². The molecule has 1 aromatic rings. The van der Waals surface area contributed by atoms with E-state index in [4.69, 9.17) is 16.4 Å². The van der Waals surface area contributed by atoms with Gasteiger partial charge in [-0.15, -0.1) is 0 Å². The van der Waals surface area contributed by atoms with Gasteiger partial charge in [0.05, 0.1) is 7.11 Å². The van der Waals surface area contributed by atoms with Crippen LogP contribution >= 0.6 is 27.5 Å². The molecule has 66 valence electrons. The van der Waals surface area contributed by atoms with Crippen LogP contribution in [-0.4, -0.2) is 7.11 Å². The molecule has 0 saturated heterocycles. The quantitative estimate of drug-likeness (QED) is 0.833. The number of hydroxylamine groups is 1. The summed E-state index contributed by atoms with van der Waals surface area (Å²) in [5.41, 5.74) is 3.86. The van der Waals surface area contributed by atoms with E-state index < -0.39 is 0 Å². The van der Waals surface area contributed by atoms with Gasteiger partial charge >= 0.3 is 0 Å². The van der Waals surface area contributed by atoms with Gasteiger partial charge in [-0.05, 0) is 17.7 Å². The van der Waals surface area contributed by atoms with Gasteiger partial charge in [0.15, 0.2) is 0 Å². The van der Waals surface area contributed by atoms with E-state index in [1.165, 1.54) is 0 Å². The molecule has 0 amide bonds. The Labute approximate surface area is 84.9 Å². The van der Waals surface area contributed by atoms with Crippen molar-refractivity contribution < 1.29 is 4.84 Å². The van der Waals surface area contributed by atoms with E-state index in [0.29, 0.717) is 6.54 Å². The Morgan fingerprint density at radius 2 is 2.33 bits per heavy atom. The first-order valence-corrected chi connectivity index (χ1v) is 4.61. The zero-order valence-corrected chi connectivity index (χ0v) is 8.95. The lowest BCUT2D eigenvalue weighted by molar-refractivity contribution is 0.0866. The van der Waals surface area contributed by atoms with Crippen molar-refractivity contribution in [2.45, 2.75) is 6.54 Å². The van der Waals surface area contributed by atoms with E-state index in [1.807, 2.05) is 18.2 Å². The van der Waals surface area contributed by atoms with Crippen LogP contribution in [0.2, 0.25) is 5.02 Å². The van der Waals surface area contributed by atoms with Gasteiger partial charge in [-0.1, -0.05) is 33.6 Å². The molecule has 0 bridgehead atoms. The lowest BCUT2D eigenvalue weighted by atomic mass is 10.2. The largest absolute Gasteiger partial charge is 0.305 e. The maximum Gasteiger partial charge on any atom is 0.0572 e. The normalized spacial score (nSPS) is 10.2. The van der Waals surface area contributed by atoms with Crippen molar-refractivity contribution in [3.05, 3.63) is 33.3 Å². The lowest BCUT2D eigenvalue weighted by Gasteiger charge is -2.04. The highest BCUT2D eigenvalue weighted by Crippen LogP contribution is 2.21. The molecule has 1 N–H and O–H groups in total. The number of hydrogen-bond donors (Lipinski definition) is 1. The fraction of sp³-hybridized carbons (Fsp3) is 0.250.